The van der Waals surface area contributed by atoms with Gasteiger partial charge in [-0.05, 0) is 42.0 Å². The van der Waals surface area contributed by atoms with Crippen molar-refractivity contribution in [2.75, 3.05) is 20.8 Å². The average molecular weight is 475 g/mol. The first-order valence-corrected chi connectivity index (χ1v) is 10.2. The molecule has 0 fully saturated rings. The number of hydrogen-bond acceptors (Lipinski definition) is 5. The summed E-state index contributed by atoms with van der Waals surface area (Å²) in [5, 5.41) is 13.0. The van der Waals surface area contributed by atoms with Gasteiger partial charge < -0.3 is 19.9 Å². The third-order valence-corrected chi connectivity index (χ3v) is 5.84. The van der Waals surface area contributed by atoms with Gasteiger partial charge in [-0.1, -0.05) is 15.9 Å². The van der Waals surface area contributed by atoms with E-state index in [9.17, 15) is 14.7 Å². The zero-order valence-corrected chi connectivity index (χ0v) is 18.0. The van der Waals surface area contributed by atoms with Gasteiger partial charge in [-0.3, -0.25) is 9.78 Å². The molecule has 4 N–H and O–H groups in total. The molecule has 0 spiro atoms. The number of H-pyrrole nitrogens is 1. The van der Waals surface area contributed by atoms with Crippen molar-refractivity contribution in [3.05, 3.63) is 78.4 Å². The number of nitrogens with two attached hydrogens (primary N) is 1. The van der Waals surface area contributed by atoms with Gasteiger partial charge in [0.15, 0.2) is 11.5 Å². The Bertz CT molecular complexity index is 1220. The van der Waals surface area contributed by atoms with E-state index in [0.29, 0.717) is 23.7 Å². The Kier molecular flexibility index (Phi) is 5.40. The first-order chi connectivity index (χ1) is 14.4. The SMILES string of the molecule is COc1cc2c(cc1OC)[C@H](c1c(O)n(-c3ccc(Br)cc3)c(=O)[nH]c1=O)[NH2+]CC2. The molecule has 1 atom stereocenters. The minimum atomic E-state index is -0.702. The third kappa shape index (κ3) is 3.40. The highest BCUT2D eigenvalue weighted by Gasteiger charge is 2.33. The van der Waals surface area contributed by atoms with Crippen LogP contribution in [-0.2, 0) is 6.42 Å². The number of methoxy groups -OCH3 is 2. The number of ether oxygens (including phenoxy) is 2. The molecule has 1 aromatic heterocycles. The lowest BCUT2D eigenvalue weighted by Crippen LogP contribution is -2.87. The number of fused-ring (bicyclic) bond motifs is 1. The van der Waals surface area contributed by atoms with Gasteiger partial charge in [0.1, 0.15) is 11.6 Å². The number of benzene rings is 2. The van der Waals surface area contributed by atoms with Crippen molar-refractivity contribution in [3.8, 4) is 23.1 Å². The number of nitrogens with one attached hydrogen (secondary N) is 1. The summed E-state index contributed by atoms with van der Waals surface area (Å²) in [5.74, 6) is 0.763. The summed E-state index contributed by atoms with van der Waals surface area (Å²) in [5.41, 5.74) is 1.08. The van der Waals surface area contributed by atoms with E-state index in [1.165, 1.54) is 0 Å². The average Bonchev–Trinajstić information content (AvgIpc) is 2.73. The fourth-order valence-corrected chi connectivity index (χ4v) is 4.16. The number of rotatable bonds is 4. The number of hydrogen-bond donors (Lipinski definition) is 3. The Morgan fingerprint density at radius 3 is 2.47 bits per heavy atom. The van der Waals surface area contributed by atoms with Crippen LogP contribution in [0.2, 0.25) is 0 Å². The lowest BCUT2D eigenvalue weighted by molar-refractivity contribution is -0.690. The van der Waals surface area contributed by atoms with Crippen LogP contribution in [0.4, 0.5) is 0 Å². The quantitative estimate of drug-likeness (QED) is 0.526. The van der Waals surface area contributed by atoms with Crippen LogP contribution >= 0.6 is 15.9 Å². The zero-order valence-electron chi connectivity index (χ0n) is 16.4. The van der Waals surface area contributed by atoms with Gasteiger partial charge in [-0.15, -0.1) is 0 Å². The van der Waals surface area contributed by atoms with Crippen molar-refractivity contribution in [2.24, 2.45) is 0 Å². The predicted octanol–water partition coefficient (Wildman–Crippen LogP) is 1.22. The normalized spacial score (nSPS) is 15.5. The second kappa shape index (κ2) is 8.00. The highest BCUT2D eigenvalue weighted by atomic mass is 79.9. The first kappa shape index (κ1) is 20.2. The van der Waals surface area contributed by atoms with Crippen molar-refractivity contribution in [2.45, 2.75) is 12.5 Å². The molecule has 2 heterocycles. The summed E-state index contributed by atoms with van der Waals surface area (Å²) < 4.78 is 12.8. The first-order valence-electron chi connectivity index (χ1n) is 9.36. The summed E-state index contributed by atoms with van der Waals surface area (Å²) in [6, 6.07) is 10.1. The molecule has 3 aromatic rings. The van der Waals surface area contributed by atoms with Crippen LogP contribution in [0.15, 0.2) is 50.5 Å². The van der Waals surface area contributed by atoms with E-state index in [4.69, 9.17) is 9.47 Å². The van der Waals surface area contributed by atoms with Crippen LogP contribution in [0, 0.1) is 0 Å². The minimum absolute atomic E-state index is 0.116. The standard InChI is InChI=1S/C21H20BrN3O5/c1-29-15-9-11-7-8-23-18(14(11)10-16(15)30-2)17-19(26)24-21(28)25(20(17)27)13-5-3-12(22)4-6-13/h3-6,9-10,18,23,27H,7-8H2,1-2H3,(H,24,26,28)/p+1/t18-/m1/s1. The molecule has 156 valence electrons. The summed E-state index contributed by atoms with van der Waals surface area (Å²) >= 11 is 3.35. The Labute approximate surface area is 180 Å². The largest absolute Gasteiger partial charge is 0.494 e. The number of aromatic nitrogens is 2. The van der Waals surface area contributed by atoms with E-state index in [0.717, 1.165) is 26.6 Å². The lowest BCUT2D eigenvalue weighted by Gasteiger charge is -2.26. The van der Waals surface area contributed by atoms with Gasteiger partial charge in [0, 0.05) is 16.5 Å². The maximum atomic E-state index is 12.8. The van der Waals surface area contributed by atoms with Crippen molar-refractivity contribution in [3.63, 3.8) is 0 Å². The molecule has 0 bridgehead atoms. The molecule has 0 saturated heterocycles. The molecule has 0 saturated carbocycles. The summed E-state index contributed by atoms with van der Waals surface area (Å²) in [6.07, 6.45) is 0.775. The van der Waals surface area contributed by atoms with Gasteiger partial charge in [-0.2, -0.15) is 0 Å². The van der Waals surface area contributed by atoms with Gasteiger partial charge in [-0.25, -0.2) is 9.36 Å². The molecular weight excluding hydrogens is 454 g/mol. The van der Waals surface area contributed by atoms with Gasteiger partial charge in [0.2, 0.25) is 5.88 Å². The highest BCUT2D eigenvalue weighted by Crippen LogP contribution is 2.36. The van der Waals surface area contributed by atoms with Crippen molar-refractivity contribution in [1.82, 2.24) is 9.55 Å². The van der Waals surface area contributed by atoms with Crippen molar-refractivity contribution < 1.29 is 19.9 Å². The number of aromatic amines is 1. The Morgan fingerprint density at radius 1 is 1.13 bits per heavy atom. The summed E-state index contributed by atoms with van der Waals surface area (Å²) in [7, 11) is 3.12. The molecule has 0 radical (unpaired) electrons. The molecule has 30 heavy (non-hydrogen) atoms. The number of quaternary nitrogens is 1. The fourth-order valence-electron chi connectivity index (χ4n) is 3.90. The van der Waals surface area contributed by atoms with E-state index in [-0.39, 0.29) is 11.4 Å². The van der Waals surface area contributed by atoms with Gasteiger partial charge >= 0.3 is 5.69 Å². The predicted molar refractivity (Wildman–Crippen MR) is 114 cm³/mol. The lowest BCUT2D eigenvalue weighted by atomic mass is 9.90. The Hall–Kier alpha value is -3.04. The summed E-state index contributed by atoms with van der Waals surface area (Å²) in [6.45, 7) is 0.712. The smallest absolute Gasteiger partial charge is 0.335 e. The van der Waals surface area contributed by atoms with E-state index < -0.39 is 17.3 Å². The minimum Gasteiger partial charge on any atom is -0.494 e. The molecular formula is C21H21BrN3O5+. The molecule has 9 heteroatoms. The van der Waals surface area contributed by atoms with E-state index in [1.54, 1.807) is 38.5 Å². The van der Waals surface area contributed by atoms with E-state index in [2.05, 4.69) is 20.9 Å². The Morgan fingerprint density at radius 2 is 1.80 bits per heavy atom. The van der Waals surface area contributed by atoms with Crippen LogP contribution in [0.1, 0.15) is 22.7 Å². The second-order valence-corrected chi connectivity index (χ2v) is 7.88. The topological polar surface area (TPSA) is 110 Å². The maximum absolute atomic E-state index is 12.8. The van der Waals surface area contributed by atoms with Gasteiger partial charge in [0.25, 0.3) is 5.56 Å². The van der Waals surface area contributed by atoms with Crippen LogP contribution < -0.4 is 26.0 Å². The highest BCUT2D eigenvalue weighted by molar-refractivity contribution is 9.10. The van der Waals surface area contributed by atoms with Crippen molar-refractivity contribution >= 4 is 15.9 Å². The molecule has 4 rings (SSSR count). The fraction of sp³-hybridized carbons (Fsp3) is 0.238. The van der Waals surface area contributed by atoms with Gasteiger partial charge in [0.05, 0.1) is 26.5 Å². The maximum Gasteiger partial charge on any atom is 0.335 e. The zero-order chi connectivity index (χ0) is 21.4. The molecule has 0 unspecified atom stereocenters. The monoisotopic (exact) mass is 474 g/mol. The van der Waals surface area contributed by atoms with Crippen LogP contribution in [0.5, 0.6) is 17.4 Å². The molecule has 2 aromatic carbocycles. The summed E-state index contributed by atoms with van der Waals surface area (Å²) in [4.78, 5) is 27.6. The van der Waals surface area contributed by atoms with Crippen LogP contribution in [-0.4, -0.2) is 35.4 Å². The second-order valence-electron chi connectivity index (χ2n) is 6.97. The van der Waals surface area contributed by atoms with Crippen LogP contribution in [0.25, 0.3) is 5.69 Å². The number of nitrogens with zero attached hydrogens (tertiary/aromatic N) is 1. The molecule has 0 aliphatic carbocycles. The van der Waals surface area contributed by atoms with Crippen molar-refractivity contribution in [1.29, 1.82) is 0 Å². The van der Waals surface area contributed by atoms with E-state index >= 15 is 0 Å². The number of halogens is 1. The van der Waals surface area contributed by atoms with Crippen LogP contribution in [0.3, 0.4) is 0 Å². The number of aromatic hydroxyl groups is 1. The molecule has 1 aliphatic heterocycles. The molecule has 0 amide bonds. The molecule has 1 aliphatic rings. The van der Waals surface area contributed by atoms with E-state index in [1.807, 2.05) is 17.4 Å². The third-order valence-electron chi connectivity index (χ3n) is 5.31. The Balaban J connectivity index is 1.93. The molecule has 8 nitrogen and oxygen atoms in total.